The van der Waals surface area contributed by atoms with E-state index in [9.17, 15) is 0 Å². The highest BCUT2D eigenvalue weighted by molar-refractivity contribution is 4.89. The van der Waals surface area contributed by atoms with Crippen molar-refractivity contribution in [3.05, 3.63) is 0 Å². The van der Waals surface area contributed by atoms with Crippen molar-refractivity contribution >= 4 is 0 Å². The molecule has 0 aromatic carbocycles. The number of rotatable bonds is 4. The smallest absolute Gasteiger partial charge is 0.0519 e. The molecule has 0 radical (unpaired) electrons. The third-order valence-electron chi connectivity index (χ3n) is 3.05. The molecule has 0 bridgehead atoms. The third kappa shape index (κ3) is 2.68. The van der Waals surface area contributed by atoms with Crippen LogP contribution in [0.25, 0.3) is 0 Å². The summed E-state index contributed by atoms with van der Waals surface area (Å²) in [6, 6.07) is 0.948. The summed E-state index contributed by atoms with van der Waals surface area (Å²) in [5.74, 6) is 0.808. The zero-order valence-electron chi connectivity index (χ0n) is 8.83. The molecule has 1 aliphatic carbocycles. The molecule has 0 unspecified atom stereocenters. The van der Waals surface area contributed by atoms with Gasteiger partial charge in [0.2, 0.25) is 0 Å². The van der Waals surface area contributed by atoms with E-state index in [0.29, 0.717) is 6.10 Å². The highest BCUT2D eigenvalue weighted by atomic mass is 16.5. The lowest BCUT2D eigenvalue weighted by Crippen LogP contribution is -2.24. The second-order valence-corrected chi connectivity index (χ2v) is 4.76. The molecule has 1 aliphatic heterocycles. The molecule has 2 heteroatoms. The summed E-state index contributed by atoms with van der Waals surface area (Å²) in [5.41, 5.74) is 0. The van der Waals surface area contributed by atoms with Crippen LogP contribution in [0.1, 0.15) is 33.1 Å². The molecule has 2 aliphatic rings. The first kappa shape index (κ1) is 9.47. The van der Waals surface area contributed by atoms with Gasteiger partial charge in [0.05, 0.1) is 12.7 Å². The molecular formula is C11H21NO. The van der Waals surface area contributed by atoms with Crippen molar-refractivity contribution in [2.45, 2.75) is 45.3 Å². The van der Waals surface area contributed by atoms with Crippen molar-refractivity contribution in [1.82, 2.24) is 4.90 Å². The third-order valence-corrected chi connectivity index (χ3v) is 3.05. The molecule has 1 heterocycles. The summed E-state index contributed by atoms with van der Waals surface area (Å²) in [6.07, 6.45) is 4.63. The minimum Gasteiger partial charge on any atom is -0.378 e. The molecule has 76 valence electrons. The van der Waals surface area contributed by atoms with Gasteiger partial charge in [-0.25, -0.2) is 0 Å². The molecule has 2 nitrogen and oxygen atoms in total. The van der Waals surface area contributed by atoms with Crippen LogP contribution in [0.15, 0.2) is 0 Å². The van der Waals surface area contributed by atoms with E-state index in [4.69, 9.17) is 4.74 Å². The Labute approximate surface area is 81.3 Å². The van der Waals surface area contributed by atoms with Crippen molar-refractivity contribution in [2.24, 2.45) is 5.92 Å². The fourth-order valence-corrected chi connectivity index (χ4v) is 2.10. The van der Waals surface area contributed by atoms with Gasteiger partial charge in [-0.1, -0.05) is 0 Å². The summed E-state index contributed by atoms with van der Waals surface area (Å²) in [4.78, 5) is 2.65. The van der Waals surface area contributed by atoms with E-state index in [0.717, 1.165) is 18.6 Å². The van der Waals surface area contributed by atoms with Crippen LogP contribution in [0, 0.1) is 5.92 Å². The Morgan fingerprint density at radius 3 is 2.69 bits per heavy atom. The second kappa shape index (κ2) is 3.97. The SMILES string of the molecule is CC(C)OC[C@H]1CCN(C2CC2)C1. The van der Waals surface area contributed by atoms with E-state index in [-0.39, 0.29) is 0 Å². The average Bonchev–Trinajstić information content (AvgIpc) is 2.83. The number of hydrogen-bond donors (Lipinski definition) is 0. The Hall–Kier alpha value is -0.0800. The lowest BCUT2D eigenvalue weighted by atomic mass is 10.1. The number of nitrogens with zero attached hydrogens (tertiary/aromatic N) is 1. The molecular weight excluding hydrogens is 162 g/mol. The van der Waals surface area contributed by atoms with Crippen LogP contribution >= 0.6 is 0 Å². The summed E-state index contributed by atoms with van der Waals surface area (Å²) in [6.45, 7) is 7.82. The van der Waals surface area contributed by atoms with Gasteiger partial charge < -0.3 is 9.64 Å². The first-order valence-corrected chi connectivity index (χ1v) is 5.61. The van der Waals surface area contributed by atoms with Gasteiger partial charge in [-0.3, -0.25) is 0 Å². The highest BCUT2D eigenvalue weighted by Crippen LogP contribution is 2.31. The Morgan fingerprint density at radius 2 is 2.08 bits per heavy atom. The molecule has 1 saturated heterocycles. The van der Waals surface area contributed by atoms with Crippen molar-refractivity contribution in [3.8, 4) is 0 Å². The van der Waals surface area contributed by atoms with Gasteiger partial charge in [0.1, 0.15) is 0 Å². The maximum absolute atomic E-state index is 5.65. The van der Waals surface area contributed by atoms with Gasteiger partial charge >= 0.3 is 0 Å². The van der Waals surface area contributed by atoms with Crippen molar-refractivity contribution in [2.75, 3.05) is 19.7 Å². The summed E-state index contributed by atoms with van der Waals surface area (Å²) >= 11 is 0. The Bertz CT molecular complexity index is 165. The van der Waals surface area contributed by atoms with Crippen LogP contribution in [0.5, 0.6) is 0 Å². The van der Waals surface area contributed by atoms with Gasteiger partial charge in [-0.2, -0.15) is 0 Å². The van der Waals surface area contributed by atoms with Crippen LogP contribution in [0.2, 0.25) is 0 Å². The molecule has 1 atom stereocenters. The normalized spacial score (nSPS) is 30.2. The largest absolute Gasteiger partial charge is 0.378 e. The quantitative estimate of drug-likeness (QED) is 0.660. The average molecular weight is 183 g/mol. The van der Waals surface area contributed by atoms with Crippen molar-refractivity contribution in [3.63, 3.8) is 0 Å². The predicted octanol–water partition coefficient (Wildman–Crippen LogP) is 1.90. The van der Waals surface area contributed by atoms with E-state index < -0.39 is 0 Å². The van der Waals surface area contributed by atoms with Gasteiger partial charge in [0, 0.05) is 12.6 Å². The second-order valence-electron chi connectivity index (χ2n) is 4.76. The summed E-state index contributed by atoms with van der Waals surface area (Å²) in [7, 11) is 0. The van der Waals surface area contributed by atoms with Crippen LogP contribution in [-0.4, -0.2) is 36.7 Å². The Balaban J connectivity index is 1.65. The monoisotopic (exact) mass is 183 g/mol. The molecule has 0 aromatic rings. The van der Waals surface area contributed by atoms with E-state index in [1.165, 1.54) is 32.4 Å². The molecule has 0 N–H and O–H groups in total. The lowest BCUT2D eigenvalue weighted by Gasteiger charge is -2.15. The summed E-state index contributed by atoms with van der Waals surface area (Å²) in [5, 5.41) is 0. The van der Waals surface area contributed by atoms with E-state index in [1.807, 2.05) is 0 Å². The minimum absolute atomic E-state index is 0.398. The Kier molecular flexibility index (Phi) is 2.89. The standard InChI is InChI=1S/C11H21NO/c1-9(2)13-8-10-5-6-12(7-10)11-3-4-11/h9-11H,3-8H2,1-2H3/t10-/m0/s1. The van der Waals surface area contributed by atoms with E-state index >= 15 is 0 Å². The maximum atomic E-state index is 5.65. The molecule has 13 heavy (non-hydrogen) atoms. The molecule has 0 spiro atoms. The Morgan fingerprint density at radius 1 is 1.31 bits per heavy atom. The number of ether oxygens (including phenoxy) is 1. The number of likely N-dealkylation sites (tertiary alicyclic amines) is 1. The van der Waals surface area contributed by atoms with Crippen LogP contribution in [0.4, 0.5) is 0 Å². The van der Waals surface area contributed by atoms with Gasteiger partial charge in [0.25, 0.3) is 0 Å². The maximum Gasteiger partial charge on any atom is 0.0519 e. The fourth-order valence-electron chi connectivity index (χ4n) is 2.10. The molecule has 0 aromatic heterocycles. The van der Waals surface area contributed by atoms with Crippen LogP contribution in [-0.2, 0) is 4.74 Å². The zero-order chi connectivity index (χ0) is 9.26. The van der Waals surface area contributed by atoms with E-state index in [1.54, 1.807) is 0 Å². The molecule has 1 saturated carbocycles. The van der Waals surface area contributed by atoms with Crippen LogP contribution in [0.3, 0.4) is 0 Å². The van der Waals surface area contributed by atoms with Crippen LogP contribution < -0.4 is 0 Å². The van der Waals surface area contributed by atoms with Gasteiger partial charge in [0.15, 0.2) is 0 Å². The zero-order valence-corrected chi connectivity index (χ0v) is 8.83. The minimum atomic E-state index is 0.398. The molecule has 2 fully saturated rings. The topological polar surface area (TPSA) is 12.5 Å². The first-order valence-electron chi connectivity index (χ1n) is 5.61. The predicted molar refractivity (Wildman–Crippen MR) is 53.8 cm³/mol. The van der Waals surface area contributed by atoms with E-state index in [2.05, 4.69) is 18.7 Å². The van der Waals surface area contributed by atoms with Gasteiger partial charge in [-0.05, 0) is 45.6 Å². The molecule has 2 rings (SSSR count). The number of hydrogen-bond acceptors (Lipinski definition) is 2. The van der Waals surface area contributed by atoms with Crippen molar-refractivity contribution in [1.29, 1.82) is 0 Å². The first-order chi connectivity index (χ1) is 6.25. The lowest BCUT2D eigenvalue weighted by molar-refractivity contribution is 0.0528. The summed E-state index contributed by atoms with van der Waals surface area (Å²) < 4.78 is 5.65. The molecule has 0 amide bonds. The van der Waals surface area contributed by atoms with Gasteiger partial charge in [-0.15, -0.1) is 0 Å². The van der Waals surface area contributed by atoms with Crippen molar-refractivity contribution < 1.29 is 4.74 Å². The fraction of sp³-hybridized carbons (Fsp3) is 1.00. The highest BCUT2D eigenvalue weighted by Gasteiger charge is 2.34.